The third-order valence-electron chi connectivity index (χ3n) is 2.70. The summed E-state index contributed by atoms with van der Waals surface area (Å²) >= 11 is 1.89. The van der Waals surface area contributed by atoms with Gasteiger partial charge in [0.2, 0.25) is 0 Å². The van der Waals surface area contributed by atoms with Gasteiger partial charge < -0.3 is 5.32 Å². The lowest BCUT2D eigenvalue weighted by molar-refractivity contribution is 0.604. The Morgan fingerprint density at radius 3 is 2.78 bits per heavy atom. The van der Waals surface area contributed by atoms with Crippen LogP contribution in [0.25, 0.3) is 0 Å². The first-order valence-corrected chi connectivity index (χ1v) is 7.01. The lowest BCUT2D eigenvalue weighted by Gasteiger charge is -2.15. The first-order chi connectivity index (χ1) is 8.55. The van der Waals surface area contributed by atoms with Gasteiger partial charge in [0, 0.05) is 29.3 Å². The van der Waals surface area contributed by atoms with Crippen LogP contribution in [0, 0.1) is 0 Å². The monoisotopic (exact) mass is 264 g/mol. The van der Waals surface area contributed by atoms with Crippen molar-refractivity contribution in [2.75, 3.05) is 6.54 Å². The summed E-state index contributed by atoms with van der Waals surface area (Å²) in [6.45, 7) is 8.59. The van der Waals surface area contributed by atoms with Crippen LogP contribution in [0.2, 0.25) is 0 Å². The third-order valence-corrected chi connectivity index (χ3v) is 4.21. The minimum atomic E-state index is 0.253. The van der Waals surface area contributed by atoms with Gasteiger partial charge in [-0.05, 0) is 17.5 Å². The molecule has 0 bridgehead atoms. The number of H-pyrrole nitrogens is 1. The molecule has 2 heterocycles. The maximum absolute atomic E-state index is 4.09. The largest absolute Gasteiger partial charge is 0.311 e. The Morgan fingerprint density at radius 2 is 2.17 bits per heavy atom. The van der Waals surface area contributed by atoms with E-state index in [1.54, 1.807) is 6.33 Å². The van der Waals surface area contributed by atoms with Gasteiger partial charge in [-0.25, -0.2) is 4.98 Å². The summed E-state index contributed by atoms with van der Waals surface area (Å²) in [5, 5.41) is 10.1. The van der Waals surface area contributed by atoms with Crippen LogP contribution in [0.5, 0.6) is 0 Å². The molecule has 0 amide bonds. The van der Waals surface area contributed by atoms with E-state index in [0.717, 1.165) is 25.3 Å². The molecule has 0 atom stereocenters. The molecule has 0 saturated carbocycles. The maximum Gasteiger partial charge on any atom is 0.137 e. The zero-order chi connectivity index (χ0) is 13.0. The summed E-state index contributed by atoms with van der Waals surface area (Å²) in [7, 11) is 0. The summed E-state index contributed by atoms with van der Waals surface area (Å²) in [5.74, 6) is 0.934. The highest BCUT2D eigenvalue weighted by Gasteiger charge is 2.15. The average molecular weight is 264 g/mol. The van der Waals surface area contributed by atoms with Crippen molar-refractivity contribution in [1.29, 1.82) is 0 Å². The molecular weight excluding hydrogens is 244 g/mol. The Bertz CT molecular complexity index is 467. The van der Waals surface area contributed by atoms with E-state index >= 15 is 0 Å². The van der Waals surface area contributed by atoms with Crippen molar-refractivity contribution in [3.05, 3.63) is 34.0 Å². The second kappa shape index (κ2) is 5.63. The van der Waals surface area contributed by atoms with Crippen LogP contribution >= 0.6 is 11.3 Å². The van der Waals surface area contributed by atoms with Crippen molar-refractivity contribution >= 4 is 11.3 Å². The lowest BCUT2D eigenvalue weighted by atomic mass is 9.95. The van der Waals surface area contributed by atoms with Gasteiger partial charge in [0.05, 0.1) is 0 Å². The van der Waals surface area contributed by atoms with E-state index in [0.29, 0.717) is 0 Å². The Hall–Kier alpha value is -1.20. The molecule has 2 aromatic rings. The molecule has 0 unspecified atom stereocenters. The Labute approximate surface area is 112 Å². The summed E-state index contributed by atoms with van der Waals surface area (Å²) in [4.78, 5) is 6.92. The summed E-state index contributed by atoms with van der Waals surface area (Å²) in [6.07, 6.45) is 2.43. The first kappa shape index (κ1) is 13.2. The molecule has 0 fully saturated rings. The highest BCUT2D eigenvalue weighted by molar-refractivity contribution is 7.12. The minimum Gasteiger partial charge on any atom is -0.311 e. The molecule has 18 heavy (non-hydrogen) atoms. The van der Waals surface area contributed by atoms with E-state index in [2.05, 4.69) is 53.4 Å². The van der Waals surface area contributed by atoms with E-state index < -0.39 is 0 Å². The smallest absolute Gasteiger partial charge is 0.137 e. The average Bonchev–Trinajstić information content (AvgIpc) is 2.95. The number of thiophene rings is 1. The van der Waals surface area contributed by atoms with Crippen LogP contribution in [0.4, 0.5) is 0 Å². The highest BCUT2D eigenvalue weighted by Crippen LogP contribution is 2.29. The van der Waals surface area contributed by atoms with E-state index in [9.17, 15) is 0 Å². The molecule has 0 saturated heterocycles. The fourth-order valence-corrected chi connectivity index (χ4v) is 2.68. The Morgan fingerprint density at radius 1 is 1.33 bits per heavy atom. The molecule has 4 nitrogen and oxygen atoms in total. The number of nitrogens with one attached hydrogen (secondary N) is 2. The van der Waals surface area contributed by atoms with Gasteiger partial charge in [-0.3, -0.25) is 5.10 Å². The molecule has 0 aliphatic carbocycles. The topological polar surface area (TPSA) is 53.6 Å². The molecule has 2 rings (SSSR count). The van der Waals surface area contributed by atoms with Gasteiger partial charge in [0.1, 0.15) is 12.2 Å². The van der Waals surface area contributed by atoms with Crippen molar-refractivity contribution in [3.63, 3.8) is 0 Å². The molecule has 0 aliphatic heterocycles. The number of aromatic nitrogens is 3. The van der Waals surface area contributed by atoms with Crippen molar-refractivity contribution in [2.24, 2.45) is 0 Å². The van der Waals surface area contributed by atoms with Gasteiger partial charge >= 0.3 is 0 Å². The van der Waals surface area contributed by atoms with Gasteiger partial charge in [-0.15, -0.1) is 11.3 Å². The van der Waals surface area contributed by atoms with E-state index in [4.69, 9.17) is 0 Å². The van der Waals surface area contributed by atoms with E-state index in [1.807, 2.05) is 11.3 Å². The zero-order valence-electron chi connectivity index (χ0n) is 11.2. The van der Waals surface area contributed by atoms with Crippen LogP contribution in [0.3, 0.4) is 0 Å². The molecule has 2 N–H and O–H groups in total. The highest BCUT2D eigenvalue weighted by atomic mass is 32.1. The molecular formula is C13H20N4S. The standard InChI is InChI=1S/C13H20N4S/c1-13(2,3)11-5-4-10(18-11)8-14-7-6-12-15-9-16-17-12/h4-5,9,14H,6-8H2,1-3H3,(H,15,16,17). The normalized spacial score (nSPS) is 11.9. The second-order valence-electron chi connectivity index (χ2n) is 5.37. The first-order valence-electron chi connectivity index (χ1n) is 6.20. The van der Waals surface area contributed by atoms with Gasteiger partial charge in [-0.1, -0.05) is 20.8 Å². The summed E-state index contributed by atoms with van der Waals surface area (Å²) in [5.41, 5.74) is 0.253. The number of nitrogens with zero attached hydrogens (tertiary/aromatic N) is 2. The fourth-order valence-electron chi connectivity index (χ4n) is 1.65. The predicted molar refractivity (Wildman–Crippen MR) is 74.8 cm³/mol. The number of hydrogen-bond donors (Lipinski definition) is 2. The molecule has 0 aromatic carbocycles. The zero-order valence-corrected chi connectivity index (χ0v) is 12.0. The van der Waals surface area contributed by atoms with Crippen molar-refractivity contribution in [2.45, 2.75) is 39.2 Å². The van der Waals surface area contributed by atoms with Crippen molar-refractivity contribution in [1.82, 2.24) is 20.5 Å². The molecule has 0 aliphatic rings. The van der Waals surface area contributed by atoms with Gasteiger partial charge in [-0.2, -0.15) is 5.10 Å². The van der Waals surface area contributed by atoms with Crippen LogP contribution < -0.4 is 5.32 Å². The quantitative estimate of drug-likeness (QED) is 0.816. The van der Waals surface area contributed by atoms with Crippen LogP contribution in [-0.4, -0.2) is 21.7 Å². The number of hydrogen-bond acceptors (Lipinski definition) is 4. The molecule has 98 valence electrons. The maximum atomic E-state index is 4.09. The van der Waals surface area contributed by atoms with Crippen molar-refractivity contribution in [3.8, 4) is 0 Å². The van der Waals surface area contributed by atoms with E-state index in [1.165, 1.54) is 9.75 Å². The van der Waals surface area contributed by atoms with Crippen molar-refractivity contribution < 1.29 is 0 Å². The third kappa shape index (κ3) is 3.65. The minimum absolute atomic E-state index is 0.253. The number of rotatable bonds is 5. The molecule has 0 spiro atoms. The van der Waals surface area contributed by atoms with Crippen LogP contribution in [-0.2, 0) is 18.4 Å². The molecule has 2 aromatic heterocycles. The van der Waals surface area contributed by atoms with Gasteiger partial charge in [0.15, 0.2) is 0 Å². The Kier molecular flexibility index (Phi) is 4.14. The fraction of sp³-hybridized carbons (Fsp3) is 0.538. The van der Waals surface area contributed by atoms with Crippen LogP contribution in [0.15, 0.2) is 18.5 Å². The summed E-state index contributed by atoms with van der Waals surface area (Å²) < 4.78 is 0. The summed E-state index contributed by atoms with van der Waals surface area (Å²) in [6, 6.07) is 4.45. The van der Waals surface area contributed by atoms with E-state index in [-0.39, 0.29) is 5.41 Å². The Balaban J connectivity index is 1.75. The predicted octanol–water partition coefficient (Wildman–Crippen LogP) is 2.50. The SMILES string of the molecule is CC(C)(C)c1ccc(CNCCc2ncn[nH]2)s1. The van der Waals surface area contributed by atoms with Crippen LogP contribution in [0.1, 0.15) is 36.3 Å². The number of aromatic amines is 1. The lowest BCUT2D eigenvalue weighted by Crippen LogP contribution is -2.16. The molecule has 5 heteroatoms. The van der Waals surface area contributed by atoms with Gasteiger partial charge in [0.25, 0.3) is 0 Å². The molecule has 0 radical (unpaired) electrons. The second-order valence-corrected chi connectivity index (χ2v) is 6.54.